The largest absolute Gasteiger partial charge is 0.381 e. The summed E-state index contributed by atoms with van der Waals surface area (Å²) in [6, 6.07) is 6.64. The van der Waals surface area contributed by atoms with Crippen LogP contribution < -0.4 is 5.32 Å². The van der Waals surface area contributed by atoms with Gasteiger partial charge >= 0.3 is 0 Å². The Morgan fingerprint density at radius 2 is 2.19 bits per heavy atom. The monoisotopic (exact) mass is 308 g/mol. The fourth-order valence-electron chi connectivity index (χ4n) is 3.14. The van der Waals surface area contributed by atoms with E-state index in [4.69, 9.17) is 9.47 Å². The number of ether oxygens (including phenoxy) is 2. The number of thioether (sulfide) groups is 1. The highest BCUT2D eigenvalue weighted by molar-refractivity contribution is 7.99. The molecule has 1 N–H and O–H groups in total. The zero-order chi connectivity index (χ0) is 14.4. The van der Waals surface area contributed by atoms with Gasteiger partial charge in [0, 0.05) is 44.4 Å². The molecule has 1 aromatic rings. The summed E-state index contributed by atoms with van der Waals surface area (Å²) in [6.07, 6.45) is 6.20. The Morgan fingerprint density at radius 1 is 1.29 bits per heavy atom. The number of nitrogens with zero attached hydrogens (tertiary/aromatic N) is 1. The van der Waals surface area contributed by atoms with Crippen LogP contribution in [0.4, 0.5) is 0 Å². The zero-order valence-electron chi connectivity index (χ0n) is 12.4. The van der Waals surface area contributed by atoms with Crippen molar-refractivity contribution >= 4 is 11.8 Å². The molecule has 2 aliphatic heterocycles. The van der Waals surface area contributed by atoms with Gasteiger partial charge in [0.05, 0.1) is 10.6 Å². The smallest absolute Gasteiger partial charge is 0.0960 e. The predicted octanol–water partition coefficient (Wildman–Crippen LogP) is 2.49. The highest BCUT2D eigenvalue weighted by Gasteiger charge is 2.38. The number of pyridine rings is 1. The van der Waals surface area contributed by atoms with Crippen LogP contribution in [0.25, 0.3) is 0 Å². The van der Waals surface area contributed by atoms with Crippen LogP contribution in [0.2, 0.25) is 0 Å². The summed E-state index contributed by atoms with van der Waals surface area (Å²) in [5.41, 5.74) is 0.0856. The van der Waals surface area contributed by atoms with Gasteiger partial charge in [0.2, 0.25) is 0 Å². The first-order chi connectivity index (χ1) is 10.4. The lowest BCUT2D eigenvalue weighted by atomic mass is 9.84. The second-order valence-corrected chi connectivity index (χ2v) is 6.92. The molecule has 116 valence electrons. The van der Waals surface area contributed by atoms with Crippen LogP contribution in [0, 0.1) is 0 Å². The van der Waals surface area contributed by atoms with Crippen LogP contribution in [-0.2, 0) is 9.47 Å². The summed E-state index contributed by atoms with van der Waals surface area (Å²) < 4.78 is 11.5. The Morgan fingerprint density at radius 3 is 3.00 bits per heavy atom. The van der Waals surface area contributed by atoms with Crippen molar-refractivity contribution in [3.05, 3.63) is 24.4 Å². The summed E-state index contributed by atoms with van der Waals surface area (Å²) >= 11 is 1.81. The predicted molar refractivity (Wildman–Crippen MR) is 84.7 cm³/mol. The van der Waals surface area contributed by atoms with E-state index < -0.39 is 0 Å². The summed E-state index contributed by atoms with van der Waals surface area (Å²) in [5, 5.41) is 4.80. The minimum atomic E-state index is 0.0856. The fourth-order valence-corrected chi connectivity index (χ4v) is 3.88. The molecule has 2 aliphatic rings. The number of hydrogen-bond donors (Lipinski definition) is 1. The van der Waals surface area contributed by atoms with Crippen molar-refractivity contribution < 1.29 is 9.47 Å². The Hall–Kier alpha value is -0.620. The van der Waals surface area contributed by atoms with Gasteiger partial charge in [0.15, 0.2) is 0 Å². The van der Waals surface area contributed by atoms with Gasteiger partial charge in [-0.2, -0.15) is 0 Å². The second-order valence-electron chi connectivity index (χ2n) is 5.80. The van der Waals surface area contributed by atoms with Gasteiger partial charge in [0.25, 0.3) is 0 Å². The van der Waals surface area contributed by atoms with E-state index in [0.717, 1.165) is 62.8 Å². The standard InChI is InChI=1S/C16H24N2O2S/c1-2-7-18-15(3-1)21-12-8-17-14-4-9-20-16(13-14)5-10-19-11-6-16/h1-3,7,14,17H,4-6,8-13H2/t14-/m1/s1. The minimum Gasteiger partial charge on any atom is -0.381 e. The van der Waals surface area contributed by atoms with Gasteiger partial charge in [0.1, 0.15) is 0 Å². The van der Waals surface area contributed by atoms with Crippen LogP contribution in [-0.4, -0.2) is 48.7 Å². The summed E-state index contributed by atoms with van der Waals surface area (Å²) in [7, 11) is 0. The quantitative estimate of drug-likeness (QED) is 0.669. The normalized spacial score (nSPS) is 25.0. The molecule has 0 aromatic carbocycles. The molecule has 2 fully saturated rings. The van der Waals surface area contributed by atoms with Crippen molar-refractivity contribution in [2.45, 2.75) is 42.4 Å². The lowest BCUT2D eigenvalue weighted by Crippen LogP contribution is -2.50. The van der Waals surface area contributed by atoms with Crippen molar-refractivity contribution in [1.29, 1.82) is 0 Å². The second kappa shape index (κ2) is 7.58. The maximum atomic E-state index is 6.08. The molecule has 0 radical (unpaired) electrons. The SMILES string of the molecule is c1ccc(SCCN[C@@H]2CCOC3(CCOCC3)C2)nc1. The van der Waals surface area contributed by atoms with E-state index in [1.54, 1.807) is 0 Å². The molecule has 0 unspecified atom stereocenters. The molecule has 5 heteroatoms. The van der Waals surface area contributed by atoms with Gasteiger partial charge in [-0.1, -0.05) is 6.07 Å². The van der Waals surface area contributed by atoms with Gasteiger partial charge < -0.3 is 14.8 Å². The summed E-state index contributed by atoms with van der Waals surface area (Å²) in [5.74, 6) is 1.06. The summed E-state index contributed by atoms with van der Waals surface area (Å²) in [6.45, 7) is 3.61. The van der Waals surface area contributed by atoms with E-state index in [1.165, 1.54) is 0 Å². The summed E-state index contributed by atoms with van der Waals surface area (Å²) in [4.78, 5) is 4.33. The van der Waals surface area contributed by atoms with Crippen LogP contribution in [0.15, 0.2) is 29.4 Å². The molecule has 1 atom stereocenters. The topological polar surface area (TPSA) is 43.4 Å². The molecule has 1 aromatic heterocycles. The van der Waals surface area contributed by atoms with Crippen molar-refractivity contribution in [3.8, 4) is 0 Å². The maximum Gasteiger partial charge on any atom is 0.0960 e. The Balaban J connectivity index is 1.39. The first-order valence-electron chi connectivity index (χ1n) is 7.85. The lowest BCUT2D eigenvalue weighted by Gasteiger charge is -2.43. The van der Waals surface area contributed by atoms with Gasteiger partial charge in [-0.25, -0.2) is 4.98 Å². The van der Waals surface area contributed by atoms with Gasteiger partial charge in [-0.05, 0) is 37.8 Å². The highest BCUT2D eigenvalue weighted by atomic mass is 32.2. The van der Waals surface area contributed by atoms with Gasteiger partial charge in [-0.3, -0.25) is 0 Å². The first-order valence-corrected chi connectivity index (χ1v) is 8.84. The highest BCUT2D eigenvalue weighted by Crippen LogP contribution is 2.34. The van der Waals surface area contributed by atoms with E-state index in [1.807, 2.05) is 30.1 Å². The Labute approximate surface area is 131 Å². The first kappa shape index (κ1) is 15.3. The molecule has 21 heavy (non-hydrogen) atoms. The fraction of sp³-hybridized carbons (Fsp3) is 0.688. The van der Waals surface area contributed by atoms with Crippen molar-refractivity contribution in [2.24, 2.45) is 0 Å². The number of hydrogen-bond acceptors (Lipinski definition) is 5. The minimum absolute atomic E-state index is 0.0856. The van der Waals surface area contributed by atoms with Crippen LogP contribution in [0.5, 0.6) is 0 Å². The lowest BCUT2D eigenvalue weighted by molar-refractivity contribution is -0.140. The maximum absolute atomic E-state index is 6.08. The molecule has 0 bridgehead atoms. The van der Waals surface area contributed by atoms with E-state index in [-0.39, 0.29) is 5.60 Å². The third-order valence-corrected chi connectivity index (χ3v) is 5.27. The van der Waals surface area contributed by atoms with Crippen molar-refractivity contribution in [2.75, 3.05) is 32.1 Å². The molecule has 1 spiro atoms. The van der Waals surface area contributed by atoms with E-state index >= 15 is 0 Å². The average Bonchev–Trinajstić information content (AvgIpc) is 2.54. The Kier molecular flexibility index (Phi) is 5.52. The molecule has 3 rings (SSSR count). The molecular weight excluding hydrogens is 284 g/mol. The van der Waals surface area contributed by atoms with Crippen LogP contribution in [0.3, 0.4) is 0 Å². The molecular formula is C16H24N2O2S. The van der Waals surface area contributed by atoms with Crippen molar-refractivity contribution in [3.63, 3.8) is 0 Å². The third-order valence-electron chi connectivity index (χ3n) is 4.32. The van der Waals surface area contributed by atoms with Gasteiger partial charge in [-0.15, -0.1) is 11.8 Å². The molecule has 2 saturated heterocycles. The molecule has 3 heterocycles. The molecule has 0 saturated carbocycles. The van der Waals surface area contributed by atoms with Crippen molar-refractivity contribution in [1.82, 2.24) is 10.3 Å². The molecule has 0 aliphatic carbocycles. The number of aromatic nitrogens is 1. The Bertz CT molecular complexity index is 418. The average molecular weight is 308 g/mol. The molecule has 0 amide bonds. The van der Waals surface area contributed by atoms with E-state index in [9.17, 15) is 0 Å². The van der Waals surface area contributed by atoms with E-state index in [2.05, 4.69) is 16.4 Å². The van der Waals surface area contributed by atoms with Crippen LogP contribution in [0.1, 0.15) is 25.7 Å². The zero-order valence-corrected chi connectivity index (χ0v) is 13.2. The van der Waals surface area contributed by atoms with Crippen LogP contribution >= 0.6 is 11.8 Å². The third kappa shape index (κ3) is 4.42. The number of rotatable bonds is 5. The molecule has 4 nitrogen and oxygen atoms in total. The van der Waals surface area contributed by atoms with E-state index in [0.29, 0.717) is 6.04 Å². The number of nitrogens with one attached hydrogen (secondary N) is 1.